The van der Waals surface area contributed by atoms with Crippen LogP contribution in [0.15, 0.2) is 102 Å². The molecule has 0 aliphatic carbocycles. The van der Waals surface area contributed by atoms with E-state index in [1.165, 1.54) is 0 Å². The van der Waals surface area contributed by atoms with Gasteiger partial charge < -0.3 is 9.32 Å². The summed E-state index contributed by atoms with van der Waals surface area (Å²) in [5, 5.41) is 0. The van der Waals surface area contributed by atoms with E-state index in [0.29, 0.717) is 18.8 Å². The van der Waals surface area contributed by atoms with Crippen LogP contribution in [0.2, 0.25) is 0 Å². The van der Waals surface area contributed by atoms with Gasteiger partial charge in [-0.3, -0.25) is 9.78 Å². The van der Waals surface area contributed by atoms with Gasteiger partial charge in [-0.2, -0.15) is 0 Å². The molecule has 0 radical (unpaired) electrons. The summed E-state index contributed by atoms with van der Waals surface area (Å²) in [6, 6.07) is 27.4. The van der Waals surface area contributed by atoms with Gasteiger partial charge in [-0.05, 0) is 41.0 Å². The van der Waals surface area contributed by atoms with Crippen molar-refractivity contribution in [3.8, 4) is 11.1 Å². The number of hydrogen-bond donors (Lipinski definition) is 0. The molecule has 2 heterocycles. The molecule has 0 fully saturated rings. The van der Waals surface area contributed by atoms with Crippen LogP contribution in [0.3, 0.4) is 0 Å². The lowest BCUT2D eigenvalue weighted by molar-refractivity contribution is 0.0712. The topological polar surface area (TPSA) is 46.3 Å². The largest absolute Gasteiger partial charge is 0.467 e. The third kappa shape index (κ3) is 4.01. The molecule has 0 aliphatic rings. The number of pyridine rings is 1. The lowest BCUT2D eigenvalue weighted by Gasteiger charge is -2.23. The minimum Gasteiger partial charge on any atom is -0.467 e. The second-order valence-corrected chi connectivity index (χ2v) is 6.48. The molecule has 0 unspecified atom stereocenters. The van der Waals surface area contributed by atoms with Crippen LogP contribution in [0.25, 0.3) is 11.1 Å². The van der Waals surface area contributed by atoms with E-state index in [1.807, 2.05) is 48.5 Å². The number of furan rings is 1. The van der Waals surface area contributed by atoms with E-state index in [-0.39, 0.29) is 5.91 Å². The van der Waals surface area contributed by atoms with Crippen LogP contribution in [0.5, 0.6) is 0 Å². The van der Waals surface area contributed by atoms with E-state index in [9.17, 15) is 4.79 Å². The van der Waals surface area contributed by atoms with Gasteiger partial charge in [0.1, 0.15) is 11.5 Å². The zero-order chi connectivity index (χ0) is 19.2. The second kappa shape index (κ2) is 8.35. The van der Waals surface area contributed by atoms with Crippen LogP contribution in [-0.2, 0) is 13.1 Å². The van der Waals surface area contributed by atoms with Gasteiger partial charge in [0.15, 0.2) is 0 Å². The molecule has 0 saturated heterocycles. The Morgan fingerprint density at radius 1 is 0.821 bits per heavy atom. The maximum absolute atomic E-state index is 13.1. The standard InChI is InChI=1S/C24H20N2O2/c27-24(23-14-6-7-15-25-23)26(18-21-12-8-16-28-21)17-20-11-4-5-13-22(20)19-9-2-1-3-10-19/h1-16H,17-18H2. The summed E-state index contributed by atoms with van der Waals surface area (Å²) < 4.78 is 5.49. The first kappa shape index (κ1) is 17.7. The monoisotopic (exact) mass is 368 g/mol. The molecule has 4 nitrogen and oxygen atoms in total. The highest BCUT2D eigenvalue weighted by Crippen LogP contribution is 2.25. The summed E-state index contributed by atoms with van der Waals surface area (Å²) in [6.45, 7) is 0.840. The van der Waals surface area contributed by atoms with Crippen LogP contribution >= 0.6 is 0 Å². The highest BCUT2D eigenvalue weighted by atomic mass is 16.3. The number of rotatable bonds is 6. The van der Waals surface area contributed by atoms with Gasteiger partial charge in [0.05, 0.1) is 12.8 Å². The Labute approximate surface area is 164 Å². The van der Waals surface area contributed by atoms with E-state index < -0.39 is 0 Å². The number of hydrogen-bond acceptors (Lipinski definition) is 3. The first-order valence-electron chi connectivity index (χ1n) is 9.17. The van der Waals surface area contributed by atoms with Gasteiger partial charge >= 0.3 is 0 Å². The van der Waals surface area contributed by atoms with Crippen LogP contribution in [0.1, 0.15) is 21.8 Å². The van der Waals surface area contributed by atoms with E-state index in [4.69, 9.17) is 4.42 Å². The molecule has 138 valence electrons. The van der Waals surface area contributed by atoms with E-state index in [1.54, 1.807) is 29.5 Å². The molecule has 1 amide bonds. The molecule has 0 atom stereocenters. The zero-order valence-electron chi connectivity index (χ0n) is 15.4. The Hall–Kier alpha value is -3.66. The SMILES string of the molecule is O=C(c1ccccn1)N(Cc1ccco1)Cc1ccccc1-c1ccccc1. The Morgan fingerprint density at radius 2 is 1.61 bits per heavy atom. The van der Waals surface area contributed by atoms with Crippen LogP contribution in [0, 0.1) is 0 Å². The van der Waals surface area contributed by atoms with Crippen LogP contribution < -0.4 is 0 Å². The Balaban J connectivity index is 1.68. The highest BCUT2D eigenvalue weighted by molar-refractivity contribution is 5.92. The Morgan fingerprint density at radius 3 is 2.36 bits per heavy atom. The van der Waals surface area contributed by atoms with Crippen molar-refractivity contribution < 1.29 is 9.21 Å². The maximum Gasteiger partial charge on any atom is 0.273 e. The normalized spacial score (nSPS) is 10.6. The quantitative estimate of drug-likeness (QED) is 0.471. The van der Waals surface area contributed by atoms with Gasteiger partial charge in [0.25, 0.3) is 5.91 Å². The molecule has 4 rings (SSSR count). The molecule has 0 aliphatic heterocycles. The third-order valence-electron chi connectivity index (χ3n) is 4.56. The van der Waals surface area contributed by atoms with Crippen molar-refractivity contribution in [1.29, 1.82) is 0 Å². The van der Waals surface area contributed by atoms with E-state index in [0.717, 1.165) is 22.5 Å². The molecule has 2 aromatic heterocycles. The molecule has 0 N–H and O–H groups in total. The summed E-state index contributed by atoms with van der Waals surface area (Å²) in [6.07, 6.45) is 3.26. The minimum atomic E-state index is -0.125. The van der Waals surface area contributed by atoms with Crippen molar-refractivity contribution in [1.82, 2.24) is 9.88 Å². The van der Waals surface area contributed by atoms with Crippen molar-refractivity contribution in [3.63, 3.8) is 0 Å². The Kier molecular flexibility index (Phi) is 5.29. The van der Waals surface area contributed by atoms with Crippen LogP contribution in [-0.4, -0.2) is 15.8 Å². The predicted octanol–water partition coefficient (Wildman–Crippen LogP) is 5.18. The van der Waals surface area contributed by atoms with Crippen molar-refractivity contribution >= 4 is 5.91 Å². The molecule has 4 aromatic rings. The lowest BCUT2D eigenvalue weighted by atomic mass is 9.99. The number of nitrogens with zero attached hydrogens (tertiary/aromatic N) is 2. The number of aromatic nitrogens is 1. The molecule has 0 saturated carbocycles. The zero-order valence-corrected chi connectivity index (χ0v) is 15.4. The van der Waals surface area contributed by atoms with Gasteiger partial charge in [0.2, 0.25) is 0 Å². The third-order valence-corrected chi connectivity index (χ3v) is 4.56. The van der Waals surface area contributed by atoms with Crippen molar-refractivity contribution in [2.45, 2.75) is 13.1 Å². The van der Waals surface area contributed by atoms with Gasteiger partial charge in [-0.25, -0.2) is 0 Å². The minimum absolute atomic E-state index is 0.125. The fraction of sp³-hybridized carbons (Fsp3) is 0.0833. The molecule has 4 heteroatoms. The van der Waals surface area contributed by atoms with Crippen molar-refractivity contribution in [2.75, 3.05) is 0 Å². The smallest absolute Gasteiger partial charge is 0.273 e. The summed E-state index contributed by atoms with van der Waals surface area (Å²) >= 11 is 0. The summed E-state index contributed by atoms with van der Waals surface area (Å²) in [4.78, 5) is 19.1. The number of carbonyl (C=O) groups excluding carboxylic acids is 1. The summed E-state index contributed by atoms with van der Waals surface area (Å²) in [7, 11) is 0. The van der Waals surface area contributed by atoms with Gasteiger partial charge in [0, 0.05) is 12.7 Å². The average molecular weight is 368 g/mol. The maximum atomic E-state index is 13.1. The number of carbonyl (C=O) groups is 1. The number of benzene rings is 2. The average Bonchev–Trinajstić information content (AvgIpc) is 3.27. The molecule has 0 spiro atoms. The fourth-order valence-electron chi connectivity index (χ4n) is 3.20. The van der Waals surface area contributed by atoms with Crippen molar-refractivity contribution in [2.24, 2.45) is 0 Å². The summed E-state index contributed by atoms with van der Waals surface area (Å²) in [5.74, 6) is 0.612. The number of amides is 1. The van der Waals surface area contributed by atoms with E-state index >= 15 is 0 Å². The molecule has 0 bridgehead atoms. The first-order valence-corrected chi connectivity index (χ1v) is 9.17. The molecule has 2 aromatic carbocycles. The molecular formula is C24H20N2O2. The van der Waals surface area contributed by atoms with Gasteiger partial charge in [-0.15, -0.1) is 0 Å². The summed E-state index contributed by atoms with van der Waals surface area (Å²) in [5.41, 5.74) is 3.73. The van der Waals surface area contributed by atoms with Crippen molar-refractivity contribution in [3.05, 3.63) is 114 Å². The molecular weight excluding hydrogens is 348 g/mol. The predicted molar refractivity (Wildman–Crippen MR) is 108 cm³/mol. The van der Waals surface area contributed by atoms with Gasteiger partial charge in [-0.1, -0.05) is 60.7 Å². The second-order valence-electron chi connectivity index (χ2n) is 6.48. The lowest BCUT2D eigenvalue weighted by Crippen LogP contribution is -2.30. The fourth-order valence-corrected chi connectivity index (χ4v) is 3.20. The Bertz CT molecular complexity index is 1030. The first-order chi connectivity index (χ1) is 13.8. The van der Waals surface area contributed by atoms with Crippen LogP contribution in [0.4, 0.5) is 0 Å². The van der Waals surface area contributed by atoms with E-state index in [2.05, 4.69) is 29.2 Å². The molecule has 28 heavy (non-hydrogen) atoms. The highest BCUT2D eigenvalue weighted by Gasteiger charge is 2.20.